The van der Waals surface area contributed by atoms with E-state index < -0.39 is 0 Å². The Hall–Kier alpha value is -2.62. The number of hydrogen-bond donors (Lipinski definition) is 1. The van der Waals surface area contributed by atoms with Gasteiger partial charge in [-0.05, 0) is 13.0 Å². The molecule has 1 aromatic carbocycles. The smallest absolute Gasteiger partial charge is 0.176 e. The van der Waals surface area contributed by atoms with E-state index in [9.17, 15) is 0 Å². The molecule has 94 valence electrons. The van der Waals surface area contributed by atoms with Gasteiger partial charge in [-0.15, -0.1) is 0 Å². The second-order valence-corrected chi connectivity index (χ2v) is 4.38. The monoisotopic (exact) mass is 251 g/mol. The minimum Gasteiger partial charge on any atom is -0.380 e. The highest BCUT2D eigenvalue weighted by Gasteiger charge is 2.17. The van der Waals surface area contributed by atoms with Crippen molar-refractivity contribution in [2.75, 3.05) is 5.73 Å². The average molecular weight is 251 g/mol. The number of anilines is 1. The summed E-state index contributed by atoms with van der Waals surface area (Å²) in [6.45, 7) is 2.04. The van der Waals surface area contributed by atoms with Gasteiger partial charge in [0.05, 0.1) is 5.56 Å². The fraction of sp³-hybridized carbons (Fsp3) is 0.0667. The maximum atomic E-state index is 5.91. The Morgan fingerprint density at radius 2 is 1.84 bits per heavy atom. The van der Waals surface area contributed by atoms with Crippen LogP contribution in [0.4, 0.5) is 5.82 Å². The summed E-state index contributed by atoms with van der Waals surface area (Å²) in [7, 11) is 0. The lowest BCUT2D eigenvalue weighted by Crippen LogP contribution is -1.89. The van der Waals surface area contributed by atoms with Crippen LogP contribution in [0.1, 0.15) is 5.56 Å². The average Bonchev–Trinajstić information content (AvgIpc) is 2.82. The lowest BCUT2D eigenvalue weighted by Gasteiger charge is -2.02. The zero-order valence-electron chi connectivity index (χ0n) is 10.5. The first-order valence-corrected chi connectivity index (χ1v) is 5.98. The summed E-state index contributed by atoms with van der Waals surface area (Å²) >= 11 is 0. The number of benzene rings is 1. The minimum absolute atomic E-state index is 0.378. The molecule has 0 atom stereocenters. The summed E-state index contributed by atoms with van der Waals surface area (Å²) in [6, 6.07) is 11.8. The van der Waals surface area contributed by atoms with Crippen LogP contribution < -0.4 is 5.73 Å². The van der Waals surface area contributed by atoms with Gasteiger partial charge in [0.2, 0.25) is 0 Å². The van der Waals surface area contributed by atoms with E-state index in [4.69, 9.17) is 10.3 Å². The molecule has 0 bridgehead atoms. The van der Waals surface area contributed by atoms with Crippen LogP contribution in [0.5, 0.6) is 0 Å². The number of hydrogen-bond acceptors (Lipinski definition) is 4. The van der Waals surface area contributed by atoms with Crippen LogP contribution in [-0.4, -0.2) is 10.1 Å². The molecule has 2 heterocycles. The second kappa shape index (κ2) is 4.57. The lowest BCUT2D eigenvalue weighted by atomic mass is 10.0. The molecule has 2 N–H and O–H groups in total. The van der Waals surface area contributed by atoms with Crippen molar-refractivity contribution in [1.82, 2.24) is 10.1 Å². The minimum atomic E-state index is 0.378. The molecule has 0 fully saturated rings. The topological polar surface area (TPSA) is 64.9 Å². The van der Waals surface area contributed by atoms with Gasteiger partial charge in [0.15, 0.2) is 11.6 Å². The van der Waals surface area contributed by atoms with Crippen molar-refractivity contribution < 1.29 is 4.52 Å². The van der Waals surface area contributed by atoms with E-state index >= 15 is 0 Å². The second-order valence-electron chi connectivity index (χ2n) is 4.38. The van der Waals surface area contributed by atoms with Gasteiger partial charge in [-0.3, -0.25) is 4.98 Å². The highest BCUT2D eigenvalue weighted by molar-refractivity contribution is 5.86. The van der Waals surface area contributed by atoms with Crippen LogP contribution >= 0.6 is 0 Å². The molecule has 0 amide bonds. The maximum Gasteiger partial charge on any atom is 0.176 e. The summed E-state index contributed by atoms with van der Waals surface area (Å²) in [5, 5.41) is 3.87. The van der Waals surface area contributed by atoms with E-state index in [0.29, 0.717) is 11.6 Å². The third-order valence-electron chi connectivity index (χ3n) is 2.98. The van der Waals surface area contributed by atoms with Crippen molar-refractivity contribution in [3.8, 4) is 22.5 Å². The first-order chi connectivity index (χ1) is 9.25. The van der Waals surface area contributed by atoms with Crippen LogP contribution in [0.3, 0.4) is 0 Å². The lowest BCUT2D eigenvalue weighted by molar-refractivity contribution is 0.436. The molecular weight excluding hydrogens is 238 g/mol. The molecule has 4 heteroatoms. The molecule has 2 aromatic heterocycles. The van der Waals surface area contributed by atoms with E-state index in [0.717, 1.165) is 16.7 Å². The van der Waals surface area contributed by atoms with Gasteiger partial charge >= 0.3 is 0 Å². The van der Waals surface area contributed by atoms with Crippen LogP contribution in [0, 0.1) is 6.92 Å². The number of aryl methyl sites for hydroxylation is 1. The Balaban J connectivity index is 2.16. The largest absolute Gasteiger partial charge is 0.380 e. The molecule has 0 saturated carbocycles. The number of aromatic nitrogens is 2. The summed E-state index contributed by atoms with van der Waals surface area (Å²) in [5.41, 5.74) is 9.74. The SMILES string of the molecule is Cc1ccc(-c2onc(N)c2-c2cccnc2)cc1. The van der Waals surface area contributed by atoms with Crippen molar-refractivity contribution in [3.63, 3.8) is 0 Å². The summed E-state index contributed by atoms with van der Waals surface area (Å²) in [5.74, 6) is 1.05. The fourth-order valence-corrected chi connectivity index (χ4v) is 1.99. The van der Waals surface area contributed by atoms with Crippen molar-refractivity contribution in [1.29, 1.82) is 0 Å². The highest BCUT2D eigenvalue weighted by atomic mass is 16.5. The molecule has 0 unspecified atom stereocenters. The van der Waals surface area contributed by atoms with Gasteiger partial charge in [-0.2, -0.15) is 0 Å². The first-order valence-electron chi connectivity index (χ1n) is 5.98. The summed E-state index contributed by atoms with van der Waals surface area (Å²) < 4.78 is 5.37. The predicted octanol–water partition coefficient (Wildman–Crippen LogP) is 3.29. The van der Waals surface area contributed by atoms with Crippen molar-refractivity contribution in [2.45, 2.75) is 6.92 Å². The molecule has 0 spiro atoms. The predicted molar refractivity (Wildman–Crippen MR) is 74.3 cm³/mol. The number of nitrogens with zero attached hydrogens (tertiary/aromatic N) is 2. The highest BCUT2D eigenvalue weighted by Crippen LogP contribution is 2.35. The quantitative estimate of drug-likeness (QED) is 0.759. The molecular formula is C15H13N3O. The van der Waals surface area contributed by atoms with Gasteiger partial charge in [0, 0.05) is 23.5 Å². The molecule has 3 rings (SSSR count). The van der Waals surface area contributed by atoms with Gasteiger partial charge < -0.3 is 10.3 Å². The number of nitrogen functional groups attached to an aromatic ring is 1. The standard InChI is InChI=1S/C15H13N3O/c1-10-4-6-11(7-5-10)14-13(15(16)18-19-14)12-3-2-8-17-9-12/h2-9H,1H3,(H2,16,18). The Labute approximate surface area is 110 Å². The summed E-state index contributed by atoms with van der Waals surface area (Å²) in [6.07, 6.45) is 3.47. The maximum absolute atomic E-state index is 5.91. The van der Waals surface area contributed by atoms with Crippen molar-refractivity contribution in [2.24, 2.45) is 0 Å². The Kier molecular flexibility index (Phi) is 2.76. The van der Waals surface area contributed by atoms with Gasteiger partial charge in [-0.1, -0.05) is 41.1 Å². The molecule has 3 aromatic rings. The van der Waals surface area contributed by atoms with Crippen molar-refractivity contribution >= 4 is 5.82 Å². The third kappa shape index (κ3) is 2.08. The fourth-order valence-electron chi connectivity index (χ4n) is 1.99. The molecule has 0 radical (unpaired) electrons. The number of rotatable bonds is 2. The van der Waals surface area contributed by atoms with Crippen LogP contribution in [-0.2, 0) is 0 Å². The van der Waals surface area contributed by atoms with Crippen LogP contribution in [0.2, 0.25) is 0 Å². The zero-order chi connectivity index (χ0) is 13.2. The normalized spacial score (nSPS) is 10.6. The molecule has 0 saturated heterocycles. The number of pyridine rings is 1. The van der Waals surface area contributed by atoms with Gasteiger partial charge in [-0.25, -0.2) is 0 Å². The van der Waals surface area contributed by atoms with E-state index in [1.165, 1.54) is 5.56 Å². The number of nitrogens with two attached hydrogens (primary N) is 1. The first kappa shape index (κ1) is 11.5. The Morgan fingerprint density at radius 3 is 2.53 bits per heavy atom. The van der Waals surface area contributed by atoms with E-state index in [2.05, 4.69) is 10.1 Å². The van der Waals surface area contributed by atoms with E-state index in [1.807, 2.05) is 43.3 Å². The summed E-state index contributed by atoms with van der Waals surface area (Å²) in [4.78, 5) is 4.11. The Morgan fingerprint density at radius 1 is 1.05 bits per heavy atom. The van der Waals surface area contributed by atoms with E-state index in [1.54, 1.807) is 12.4 Å². The van der Waals surface area contributed by atoms with Gasteiger partial charge in [0.25, 0.3) is 0 Å². The van der Waals surface area contributed by atoms with E-state index in [-0.39, 0.29) is 0 Å². The Bertz CT molecular complexity index is 687. The third-order valence-corrected chi connectivity index (χ3v) is 2.98. The van der Waals surface area contributed by atoms with Crippen LogP contribution in [0.25, 0.3) is 22.5 Å². The molecule has 0 aliphatic rings. The molecule has 0 aliphatic carbocycles. The molecule has 4 nitrogen and oxygen atoms in total. The van der Waals surface area contributed by atoms with Gasteiger partial charge in [0.1, 0.15) is 0 Å². The molecule has 0 aliphatic heterocycles. The molecule has 19 heavy (non-hydrogen) atoms. The van der Waals surface area contributed by atoms with Crippen LogP contribution in [0.15, 0.2) is 53.3 Å². The van der Waals surface area contributed by atoms with Crippen molar-refractivity contribution in [3.05, 3.63) is 54.4 Å². The zero-order valence-corrected chi connectivity index (χ0v) is 10.5.